The molecule has 3 heterocycles. The van der Waals surface area contributed by atoms with E-state index in [1.165, 1.54) is 24.2 Å². The van der Waals surface area contributed by atoms with E-state index in [1.807, 2.05) is 69.3 Å². The quantitative estimate of drug-likeness (QED) is 0.450. The fourth-order valence-electron chi connectivity index (χ4n) is 6.76. The maximum absolute atomic E-state index is 13.9. The molecule has 228 valence electrons. The summed E-state index contributed by atoms with van der Waals surface area (Å²) < 4.78 is 0. The van der Waals surface area contributed by atoms with Crippen molar-refractivity contribution in [1.29, 1.82) is 0 Å². The summed E-state index contributed by atoms with van der Waals surface area (Å²) in [6.07, 6.45) is 5.38. The highest BCUT2D eigenvalue weighted by Crippen LogP contribution is 2.44. The number of β-amino-alcohol motifs (C(OH)–C–C–N with tert-alkyl or cyclic N) is 1. The highest BCUT2D eigenvalue weighted by atomic mass is 32.1. The molecule has 2 aromatic rings. The molecule has 3 fully saturated rings. The van der Waals surface area contributed by atoms with Crippen LogP contribution < -0.4 is 10.6 Å². The van der Waals surface area contributed by atoms with Crippen LogP contribution in [0.15, 0.2) is 29.8 Å². The minimum absolute atomic E-state index is 0.0590. The number of carbonyl (C=O) groups excluding carboxylic acids is 3. The Hall–Kier alpha value is -2.98. The van der Waals surface area contributed by atoms with Gasteiger partial charge in [0.05, 0.1) is 28.2 Å². The Labute approximate surface area is 253 Å². The highest BCUT2D eigenvalue weighted by Gasteiger charge is 2.48. The van der Waals surface area contributed by atoms with Crippen LogP contribution in [0.4, 0.5) is 4.79 Å². The van der Waals surface area contributed by atoms with Gasteiger partial charge >= 0.3 is 6.03 Å². The summed E-state index contributed by atoms with van der Waals surface area (Å²) in [4.78, 5) is 49.4. The Bertz CT molecular complexity index is 1290. The molecule has 1 aliphatic carbocycles. The van der Waals surface area contributed by atoms with Crippen molar-refractivity contribution in [1.82, 2.24) is 25.4 Å². The number of aromatic nitrogens is 1. The van der Waals surface area contributed by atoms with Gasteiger partial charge in [0.25, 0.3) is 0 Å². The number of rotatable bonds is 6. The molecule has 3 N–H and O–H groups in total. The molecule has 42 heavy (non-hydrogen) atoms. The molecule has 3 aliphatic rings. The fraction of sp³-hybridized carbons (Fsp3) is 0.625. The third-order valence-electron chi connectivity index (χ3n) is 9.28. The van der Waals surface area contributed by atoms with Gasteiger partial charge in [-0.3, -0.25) is 9.59 Å². The first-order chi connectivity index (χ1) is 19.9. The van der Waals surface area contributed by atoms with Crippen molar-refractivity contribution in [2.75, 3.05) is 19.6 Å². The van der Waals surface area contributed by atoms with Crippen LogP contribution >= 0.6 is 11.3 Å². The van der Waals surface area contributed by atoms with Crippen LogP contribution in [0.25, 0.3) is 10.4 Å². The zero-order chi connectivity index (χ0) is 30.2. The number of hydrogen-bond donors (Lipinski definition) is 3. The van der Waals surface area contributed by atoms with Crippen molar-refractivity contribution in [3.8, 4) is 10.4 Å². The summed E-state index contributed by atoms with van der Waals surface area (Å²) in [7, 11) is 0. The second kappa shape index (κ2) is 12.0. The zero-order valence-electron chi connectivity index (χ0n) is 25.5. The normalized spacial score (nSPS) is 23.3. The molecule has 1 saturated carbocycles. The fourth-order valence-corrected chi connectivity index (χ4v) is 7.57. The molecule has 0 radical (unpaired) electrons. The summed E-state index contributed by atoms with van der Waals surface area (Å²) in [5.41, 5.74) is 4.50. The Balaban J connectivity index is 1.23. The average Bonchev–Trinajstić information content (AvgIpc) is 3.55. The van der Waals surface area contributed by atoms with E-state index in [9.17, 15) is 19.5 Å². The van der Waals surface area contributed by atoms with Crippen molar-refractivity contribution in [2.45, 2.75) is 97.4 Å². The standard InChI is InChI=1S/C32H45N5O4S/c1-20(22-9-11-23(12-10-22)26-21(2)33-19-42-26)34-28(39)25-15-24(38)16-37(25)29(40)27(31(3,4)5)35-30(41)36-17-32(18-36)13-7-6-8-14-32/h9-12,19-20,24-25,27,38H,6-8,13-18H2,1-5H3,(H,34,39)(H,35,41)/t20-,24+,25-,27+/m0/s1. The summed E-state index contributed by atoms with van der Waals surface area (Å²) in [6, 6.07) is 5.87. The summed E-state index contributed by atoms with van der Waals surface area (Å²) in [6.45, 7) is 11.2. The molecule has 4 amide bonds. The van der Waals surface area contributed by atoms with Crippen LogP contribution in [0, 0.1) is 17.8 Å². The number of thiazole rings is 1. The first kappa shape index (κ1) is 30.5. The lowest BCUT2D eigenvalue weighted by Crippen LogP contribution is -2.65. The zero-order valence-corrected chi connectivity index (χ0v) is 26.3. The summed E-state index contributed by atoms with van der Waals surface area (Å²) in [5.74, 6) is -0.645. The van der Waals surface area contributed by atoms with Gasteiger partial charge in [0.15, 0.2) is 0 Å². The Morgan fingerprint density at radius 1 is 1.07 bits per heavy atom. The molecule has 0 unspecified atom stereocenters. The minimum Gasteiger partial charge on any atom is -0.391 e. The molecule has 0 bridgehead atoms. The second-order valence-electron chi connectivity index (χ2n) is 13.7. The summed E-state index contributed by atoms with van der Waals surface area (Å²) >= 11 is 1.60. The van der Waals surface area contributed by atoms with Crippen LogP contribution in [-0.4, -0.2) is 75.6 Å². The molecular formula is C32H45N5O4S. The second-order valence-corrected chi connectivity index (χ2v) is 14.5. The Morgan fingerprint density at radius 2 is 1.74 bits per heavy atom. The lowest BCUT2D eigenvalue weighted by Gasteiger charge is -2.52. The SMILES string of the molecule is Cc1ncsc1-c1ccc([C@H](C)NC(=O)[C@@H]2C[C@@H](O)CN2C(=O)[C@@H](NC(=O)N2CC3(CCCCC3)C2)C(C)(C)C)cc1. The molecule has 5 rings (SSSR count). The third kappa shape index (κ3) is 6.34. The number of benzene rings is 1. The molecule has 1 aromatic carbocycles. The molecule has 9 nitrogen and oxygen atoms in total. The first-order valence-corrected chi connectivity index (χ1v) is 16.1. The van der Waals surface area contributed by atoms with E-state index >= 15 is 0 Å². The van der Waals surface area contributed by atoms with Gasteiger partial charge in [-0.15, -0.1) is 11.3 Å². The van der Waals surface area contributed by atoms with E-state index < -0.39 is 23.6 Å². The first-order valence-electron chi connectivity index (χ1n) is 15.2. The smallest absolute Gasteiger partial charge is 0.318 e. The number of nitrogens with one attached hydrogen (secondary N) is 2. The van der Waals surface area contributed by atoms with Crippen molar-refractivity contribution in [2.24, 2.45) is 10.8 Å². The van der Waals surface area contributed by atoms with Gasteiger partial charge in [-0.05, 0) is 43.2 Å². The lowest BCUT2D eigenvalue weighted by molar-refractivity contribution is -0.142. The van der Waals surface area contributed by atoms with Crippen LogP contribution in [0.3, 0.4) is 0 Å². The molecule has 10 heteroatoms. The van der Waals surface area contributed by atoms with Crippen LogP contribution in [0.5, 0.6) is 0 Å². The molecule has 1 spiro atoms. The van der Waals surface area contributed by atoms with Gasteiger partial charge in [-0.1, -0.05) is 64.3 Å². The number of nitrogens with zero attached hydrogens (tertiary/aromatic N) is 3. The van der Waals surface area contributed by atoms with Gasteiger partial charge in [-0.2, -0.15) is 0 Å². The van der Waals surface area contributed by atoms with E-state index in [0.29, 0.717) is 0 Å². The van der Waals surface area contributed by atoms with Crippen molar-refractivity contribution >= 4 is 29.2 Å². The van der Waals surface area contributed by atoms with Gasteiger partial charge in [0, 0.05) is 31.5 Å². The number of carbonyl (C=O) groups is 3. The monoisotopic (exact) mass is 595 g/mol. The number of aliphatic hydroxyl groups is 1. The van der Waals surface area contributed by atoms with Crippen LogP contribution in [0.1, 0.15) is 83.5 Å². The third-order valence-corrected chi connectivity index (χ3v) is 10.3. The molecule has 2 saturated heterocycles. The Morgan fingerprint density at radius 3 is 2.33 bits per heavy atom. The topological polar surface area (TPSA) is 115 Å². The number of aryl methyl sites for hydroxylation is 1. The van der Waals surface area contributed by atoms with E-state index in [4.69, 9.17) is 0 Å². The van der Waals surface area contributed by atoms with Crippen molar-refractivity contribution in [3.05, 3.63) is 41.0 Å². The van der Waals surface area contributed by atoms with Crippen molar-refractivity contribution < 1.29 is 19.5 Å². The van der Waals surface area contributed by atoms with E-state index in [0.717, 1.165) is 47.6 Å². The number of aliphatic hydroxyl groups excluding tert-OH is 1. The number of likely N-dealkylation sites (tertiary alicyclic amines) is 2. The van der Waals surface area contributed by atoms with Gasteiger partial charge in [-0.25, -0.2) is 9.78 Å². The van der Waals surface area contributed by atoms with E-state index in [2.05, 4.69) is 15.6 Å². The Kier molecular flexibility index (Phi) is 8.67. The highest BCUT2D eigenvalue weighted by molar-refractivity contribution is 7.13. The van der Waals surface area contributed by atoms with E-state index in [-0.39, 0.29) is 42.3 Å². The maximum atomic E-state index is 13.9. The molecular weight excluding hydrogens is 550 g/mol. The van der Waals surface area contributed by atoms with E-state index in [1.54, 1.807) is 11.3 Å². The van der Waals surface area contributed by atoms with Gasteiger partial charge in [0.1, 0.15) is 12.1 Å². The van der Waals surface area contributed by atoms with Crippen LogP contribution in [-0.2, 0) is 9.59 Å². The average molecular weight is 596 g/mol. The number of urea groups is 1. The van der Waals surface area contributed by atoms with Crippen molar-refractivity contribution in [3.63, 3.8) is 0 Å². The summed E-state index contributed by atoms with van der Waals surface area (Å²) in [5, 5.41) is 16.6. The largest absolute Gasteiger partial charge is 0.391 e. The predicted molar refractivity (Wildman–Crippen MR) is 164 cm³/mol. The molecule has 2 aliphatic heterocycles. The predicted octanol–water partition coefficient (Wildman–Crippen LogP) is 4.65. The van der Waals surface area contributed by atoms with Gasteiger partial charge in [0.2, 0.25) is 11.8 Å². The molecule has 4 atom stereocenters. The minimum atomic E-state index is -0.825. The molecule has 1 aromatic heterocycles. The maximum Gasteiger partial charge on any atom is 0.318 e. The van der Waals surface area contributed by atoms with Gasteiger partial charge < -0.3 is 25.5 Å². The number of amides is 4. The van der Waals surface area contributed by atoms with Crippen LogP contribution in [0.2, 0.25) is 0 Å². The lowest BCUT2D eigenvalue weighted by atomic mass is 9.69. The number of hydrogen-bond acceptors (Lipinski definition) is 6.